The van der Waals surface area contributed by atoms with Gasteiger partial charge in [0.2, 0.25) is 0 Å². The molecule has 5 atom stereocenters. The molecule has 1 heterocycles. The van der Waals surface area contributed by atoms with Gasteiger partial charge in [-0.1, -0.05) is 0 Å². The Morgan fingerprint density at radius 3 is 2.00 bits per heavy atom. The van der Waals surface area contributed by atoms with Crippen molar-refractivity contribution in [3.63, 3.8) is 0 Å². The van der Waals surface area contributed by atoms with E-state index in [9.17, 15) is 0 Å². The molecular formula is C11H22O5. The SMILES string of the molecule is CCO[C@@H]1[C@@H](OC)C(C)OC(OC)[C@@H]1OC. The fourth-order valence-electron chi connectivity index (χ4n) is 2.12. The van der Waals surface area contributed by atoms with E-state index >= 15 is 0 Å². The number of rotatable bonds is 5. The van der Waals surface area contributed by atoms with Gasteiger partial charge in [0, 0.05) is 27.9 Å². The van der Waals surface area contributed by atoms with Gasteiger partial charge in [-0.05, 0) is 13.8 Å². The van der Waals surface area contributed by atoms with Gasteiger partial charge in [-0.2, -0.15) is 0 Å². The Morgan fingerprint density at radius 2 is 1.56 bits per heavy atom. The molecule has 0 aliphatic carbocycles. The fourth-order valence-corrected chi connectivity index (χ4v) is 2.12. The monoisotopic (exact) mass is 234 g/mol. The lowest BCUT2D eigenvalue weighted by Gasteiger charge is -2.43. The van der Waals surface area contributed by atoms with Gasteiger partial charge < -0.3 is 23.7 Å². The highest BCUT2D eigenvalue weighted by Crippen LogP contribution is 2.27. The van der Waals surface area contributed by atoms with E-state index < -0.39 is 6.29 Å². The Balaban J connectivity index is 2.81. The second kappa shape index (κ2) is 6.51. The molecule has 0 radical (unpaired) electrons. The predicted molar refractivity (Wildman–Crippen MR) is 58.4 cm³/mol. The first-order chi connectivity index (χ1) is 7.69. The normalized spacial score (nSPS) is 39.9. The Hall–Kier alpha value is -0.200. The molecule has 96 valence electrons. The summed E-state index contributed by atoms with van der Waals surface area (Å²) in [5.74, 6) is 0. The minimum absolute atomic E-state index is 0.0853. The van der Waals surface area contributed by atoms with Crippen LogP contribution in [-0.2, 0) is 23.7 Å². The summed E-state index contributed by atoms with van der Waals surface area (Å²) in [7, 11) is 4.87. The third-order valence-electron chi connectivity index (χ3n) is 2.86. The van der Waals surface area contributed by atoms with Crippen LogP contribution in [0.3, 0.4) is 0 Å². The van der Waals surface area contributed by atoms with Gasteiger partial charge in [-0.15, -0.1) is 0 Å². The van der Waals surface area contributed by atoms with Crippen LogP contribution < -0.4 is 0 Å². The molecule has 0 N–H and O–H groups in total. The van der Waals surface area contributed by atoms with Crippen molar-refractivity contribution in [3.8, 4) is 0 Å². The number of ether oxygens (including phenoxy) is 5. The van der Waals surface area contributed by atoms with E-state index in [2.05, 4.69) is 0 Å². The highest BCUT2D eigenvalue weighted by Gasteiger charge is 2.45. The van der Waals surface area contributed by atoms with E-state index in [0.717, 1.165) is 0 Å². The average Bonchev–Trinajstić information content (AvgIpc) is 2.29. The molecule has 0 aromatic carbocycles. The van der Waals surface area contributed by atoms with Gasteiger partial charge in [0.1, 0.15) is 18.3 Å². The van der Waals surface area contributed by atoms with E-state index in [1.807, 2.05) is 13.8 Å². The Labute approximate surface area is 97.0 Å². The van der Waals surface area contributed by atoms with Crippen LogP contribution in [0.2, 0.25) is 0 Å². The Bertz CT molecular complexity index is 199. The van der Waals surface area contributed by atoms with E-state index in [1.54, 1.807) is 21.3 Å². The van der Waals surface area contributed by atoms with Crippen LogP contribution in [0.1, 0.15) is 13.8 Å². The van der Waals surface area contributed by atoms with Gasteiger partial charge in [0.15, 0.2) is 6.29 Å². The third kappa shape index (κ3) is 2.73. The molecule has 2 unspecified atom stereocenters. The summed E-state index contributed by atoms with van der Waals surface area (Å²) in [6.45, 7) is 4.49. The van der Waals surface area contributed by atoms with Gasteiger partial charge in [0.25, 0.3) is 0 Å². The van der Waals surface area contributed by atoms with Gasteiger partial charge >= 0.3 is 0 Å². The molecule has 1 rings (SSSR count). The molecule has 1 aliphatic heterocycles. The van der Waals surface area contributed by atoms with Crippen LogP contribution in [0, 0.1) is 0 Å². The first-order valence-electron chi connectivity index (χ1n) is 5.55. The fraction of sp³-hybridized carbons (Fsp3) is 1.00. The molecule has 0 aromatic rings. The first-order valence-corrected chi connectivity index (χ1v) is 5.55. The van der Waals surface area contributed by atoms with Gasteiger partial charge in [-0.25, -0.2) is 0 Å². The number of hydrogen-bond acceptors (Lipinski definition) is 5. The Morgan fingerprint density at radius 1 is 0.938 bits per heavy atom. The lowest BCUT2D eigenvalue weighted by molar-refractivity contribution is -0.301. The smallest absolute Gasteiger partial charge is 0.186 e. The average molecular weight is 234 g/mol. The van der Waals surface area contributed by atoms with Crippen molar-refractivity contribution >= 4 is 0 Å². The van der Waals surface area contributed by atoms with Gasteiger partial charge in [0.05, 0.1) is 6.10 Å². The van der Waals surface area contributed by atoms with Crippen molar-refractivity contribution in [3.05, 3.63) is 0 Å². The van der Waals surface area contributed by atoms with Crippen molar-refractivity contribution in [2.24, 2.45) is 0 Å². The lowest BCUT2D eigenvalue weighted by atomic mass is 9.99. The quantitative estimate of drug-likeness (QED) is 0.704. The molecule has 1 fully saturated rings. The second-order valence-electron chi connectivity index (χ2n) is 3.77. The van der Waals surface area contributed by atoms with E-state index in [1.165, 1.54) is 0 Å². The van der Waals surface area contributed by atoms with E-state index in [4.69, 9.17) is 23.7 Å². The molecular weight excluding hydrogens is 212 g/mol. The van der Waals surface area contributed by atoms with Crippen LogP contribution in [0.4, 0.5) is 0 Å². The van der Waals surface area contributed by atoms with Crippen molar-refractivity contribution in [1.82, 2.24) is 0 Å². The Kier molecular flexibility index (Phi) is 5.64. The minimum atomic E-state index is -0.414. The summed E-state index contributed by atoms with van der Waals surface area (Å²) >= 11 is 0. The topological polar surface area (TPSA) is 46.2 Å². The van der Waals surface area contributed by atoms with E-state index in [0.29, 0.717) is 6.61 Å². The largest absolute Gasteiger partial charge is 0.376 e. The zero-order valence-corrected chi connectivity index (χ0v) is 10.6. The van der Waals surface area contributed by atoms with Crippen LogP contribution >= 0.6 is 0 Å². The summed E-state index contributed by atoms with van der Waals surface area (Å²) in [4.78, 5) is 0. The predicted octanol–water partition coefficient (Wildman–Crippen LogP) is 0.813. The molecule has 0 spiro atoms. The molecule has 1 saturated heterocycles. The summed E-state index contributed by atoms with van der Waals surface area (Å²) in [5, 5.41) is 0. The minimum Gasteiger partial charge on any atom is -0.376 e. The summed E-state index contributed by atoms with van der Waals surface area (Å²) in [6.07, 6.45) is -1.09. The highest BCUT2D eigenvalue weighted by atomic mass is 16.7. The van der Waals surface area contributed by atoms with Gasteiger partial charge in [-0.3, -0.25) is 0 Å². The zero-order valence-electron chi connectivity index (χ0n) is 10.6. The second-order valence-corrected chi connectivity index (χ2v) is 3.77. The molecule has 0 saturated carbocycles. The number of methoxy groups -OCH3 is 3. The maximum absolute atomic E-state index is 5.68. The maximum Gasteiger partial charge on any atom is 0.186 e. The van der Waals surface area contributed by atoms with Crippen molar-refractivity contribution in [2.75, 3.05) is 27.9 Å². The third-order valence-corrected chi connectivity index (χ3v) is 2.86. The molecule has 5 nitrogen and oxygen atoms in total. The molecule has 0 bridgehead atoms. The van der Waals surface area contributed by atoms with E-state index in [-0.39, 0.29) is 24.4 Å². The lowest BCUT2D eigenvalue weighted by Crippen LogP contribution is -2.59. The molecule has 1 aliphatic rings. The van der Waals surface area contributed by atoms with Crippen LogP contribution in [-0.4, -0.2) is 58.6 Å². The standard InChI is InChI=1S/C11H22O5/c1-6-15-9-8(12-3)7(2)16-11(14-5)10(9)13-4/h7-11H,6H2,1-5H3/t7?,8-,9+,10+,11?/m0/s1. The van der Waals surface area contributed by atoms with Crippen LogP contribution in [0.15, 0.2) is 0 Å². The molecule has 16 heavy (non-hydrogen) atoms. The van der Waals surface area contributed by atoms with Crippen molar-refractivity contribution in [2.45, 2.75) is 44.6 Å². The van der Waals surface area contributed by atoms with Crippen LogP contribution in [0.25, 0.3) is 0 Å². The van der Waals surface area contributed by atoms with Crippen LogP contribution in [0.5, 0.6) is 0 Å². The first kappa shape index (κ1) is 13.9. The highest BCUT2D eigenvalue weighted by molar-refractivity contribution is 4.90. The van der Waals surface area contributed by atoms with Crippen molar-refractivity contribution < 1.29 is 23.7 Å². The molecule has 0 aromatic heterocycles. The number of hydrogen-bond donors (Lipinski definition) is 0. The zero-order chi connectivity index (χ0) is 12.1. The summed E-state index contributed by atoms with van der Waals surface area (Å²) in [6, 6.07) is 0. The van der Waals surface area contributed by atoms with Crippen molar-refractivity contribution in [1.29, 1.82) is 0 Å². The summed E-state index contributed by atoms with van der Waals surface area (Å²) < 4.78 is 27.4. The summed E-state index contributed by atoms with van der Waals surface area (Å²) in [5.41, 5.74) is 0. The molecule has 5 heteroatoms. The maximum atomic E-state index is 5.68. The molecule has 0 amide bonds.